The van der Waals surface area contributed by atoms with E-state index in [9.17, 15) is 9.50 Å². The Hall–Kier alpha value is -0.610. The van der Waals surface area contributed by atoms with Crippen LogP contribution in [0.1, 0.15) is 30.9 Å². The highest BCUT2D eigenvalue weighted by Gasteiger charge is 2.26. The third kappa shape index (κ3) is 2.32. The highest BCUT2D eigenvalue weighted by molar-refractivity contribution is 9.10. The van der Waals surface area contributed by atoms with Crippen molar-refractivity contribution >= 4 is 15.9 Å². The van der Waals surface area contributed by atoms with Gasteiger partial charge in [0.25, 0.3) is 0 Å². The maximum atomic E-state index is 13.4. The Morgan fingerprint density at radius 1 is 1.53 bits per heavy atom. The fourth-order valence-corrected chi connectivity index (χ4v) is 2.01. The summed E-state index contributed by atoms with van der Waals surface area (Å²) in [6, 6.07) is 2.99. The number of phenolic OH excluding ortho intramolecular Hbond substituents is 1. The minimum Gasteiger partial charge on any atom is -0.505 e. The van der Waals surface area contributed by atoms with Crippen molar-refractivity contribution in [2.75, 3.05) is 0 Å². The lowest BCUT2D eigenvalue weighted by Crippen LogP contribution is -2.11. The van der Waals surface area contributed by atoms with Gasteiger partial charge >= 0.3 is 0 Å². The summed E-state index contributed by atoms with van der Waals surface area (Å²) in [5, 5.41) is 9.60. The van der Waals surface area contributed by atoms with Crippen LogP contribution in [0.25, 0.3) is 0 Å². The molecular formula is C11H13BrFNO. The Kier molecular flexibility index (Phi) is 2.98. The van der Waals surface area contributed by atoms with E-state index in [2.05, 4.69) is 15.9 Å². The summed E-state index contributed by atoms with van der Waals surface area (Å²) in [7, 11) is 0. The normalized spacial score (nSPS) is 17.8. The van der Waals surface area contributed by atoms with Gasteiger partial charge in [-0.1, -0.05) is 18.9 Å². The Bertz CT molecular complexity index is 379. The number of hydrogen-bond acceptors (Lipinski definition) is 2. The predicted octanol–water partition coefficient (Wildman–Crippen LogP) is 3.09. The van der Waals surface area contributed by atoms with Gasteiger partial charge in [0.1, 0.15) is 0 Å². The summed E-state index contributed by atoms with van der Waals surface area (Å²) >= 11 is 3.02. The molecule has 1 aromatic carbocycles. The van der Waals surface area contributed by atoms with E-state index in [1.54, 1.807) is 12.1 Å². The van der Waals surface area contributed by atoms with E-state index in [0.29, 0.717) is 11.5 Å². The van der Waals surface area contributed by atoms with Crippen molar-refractivity contribution in [2.45, 2.75) is 25.3 Å². The molecule has 0 radical (unpaired) electrons. The molecule has 1 aliphatic carbocycles. The fraction of sp³-hybridized carbons (Fsp3) is 0.455. The van der Waals surface area contributed by atoms with Crippen molar-refractivity contribution in [2.24, 2.45) is 11.7 Å². The number of halogens is 2. The lowest BCUT2D eigenvalue weighted by atomic mass is 10.0. The molecule has 1 aromatic rings. The van der Waals surface area contributed by atoms with E-state index in [1.165, 1.54) is 12.8 Å². The standard InChI is InChI=1S/C11H13BrFNO/c12-8-4-3-7(11(15)10(8)13)9(14)5-6-1-2-6/h3-4,6,9,15H,1-2,5,14H2/t9-/m0/s1. The van der Waals surface area contributed by atoms with Gasteiger partial charge in [0.15, 0.2) is 11.6 Å². The molecule has 1 aliphatic rings. The van der Waals surface area contributed by atoms with Gasteiger partial charge in [0.2, 0.25) is 0 Å². The molecule has 0 unspecified atom stereocenters. The van der Waals surface area contributed by atoms with Crippen molar-refractivity contribution in [1.82, 2.24) is 0 Å². The van der Waals surface area contributed by atoms with Crippen LogP contribution in [-0.2, 0) is 0 Å². The van der Waals surface area contributed by atoms with Crippen LogP contribution in [0.5, 0.6) is 5.75 Å². The molecule has 0 aliphatic heterocycles. The SMILES string of the molecule is N[C@@H](CC1CC1)c1ccc(Br)c(F)c1O. The Morgan fingerprint density at radius 3 is 2.80 bits per heavy atom. The zero-order valence-corrected chi connectivity index (χ0v) is 9.80. The van der Waals surface area contributed by atoms with Gasteiger partial charge in [-0.15, -0.1) is 0 Å². The van der Waals surface area contributed by atoms with Crippen LogP contribution >= 0.6 is 15.9 Å². The van der Waals surface area contributed by atoms with Crippen LogP contribution in [0.3, 0.4) is 0 Å². The first kappa shape index (κ1) is 10.9. The molecule has 15 heavy (non-hydrogen) atoms. The van der Waals surface area contributed by atoms with Crippen molar-refractivity contribution in [3.8, 4) is 5.75 Å². The molecule has 2 nitrogen and oxygen atoms in total. The lowest BCUT2D eigenvalue weighted by Gasteiger charge is -2.13. The third-order valence-corrected chi connectivity index (χ3v) is 3.40. The van der Waals surface area contributed by atoms with E-state index < -0.39 is 5.82 Å². The molecule has 1 saturated carbocycles. The van der Waals surface area contributed by atoms with E-state index >= 15 is 0 Å². The maximum Gasteiger partial charge on any atom is 0.179 e. The fourth-order valence-electron chi connectivity index (χ4n) is 1.69. The Labute approximate surface area is 96.4 Å². The van der Waals surface area contributed by atoms with Crippen LogP contribution < -0.4 is 5.73 Å². The third-order valence-electron chi connectivity index (χ3n) is 2.78. The molecule has 82 valence electrons. The highest BCUT2D eigenvalue weighted by Crippen LogP contribution is 2.39. The summed E-state index contributed by atoms with van der Waals surface area (Å²) in [6.45, 7) is 0. The van der Waals surface area contributed by atoms with E-state index in [0.717, 1.165) is 6.42 Å². The average Bonchev–Trinajstić information content (AvgIpc) is 2.98. The molecular weight excluding hydrogens is 261 g/mol. The number of phenols is 1. The van der Waals surface area contributed by atoms with Crippen molar-refractivity contribution < 1.29 is 9.50 Å². The van der Waals surface area contributed by atoms with Crippen molar-refractivity contribution in [1.29, 1.82) is 0 Å². The molecule has 0 bridgehead atoms. The number of nitrogens with two attached hydrogens (primary N) is 1. The molecule has 1 atom stereocenters. The predicted molar refractivity (Wildman–Crippen MR) is 60.0 cm³/mol. The zero-order chi connectivity index (χ0) is 11.0. The average molecular weight is 274 g/mol. The quantitative estimate of drug-likeness (QED) is 0.889. The largest absolute Gasteiger partial charge is 0.505 e. The Balaban J connectivity index is 2.22. The second-order valence-corrected chi connectivity index (χ2v) is 4.94. The molecule has 0 amide bonds. The van der Waals surface area contributed by atoms with Crippen molar-refractivity contribution in [3.05, 3.63) is 28.0 Å². The highest BCUT2D eigenvalue weighted by atomic mass is 79.9. The monoisotopic (exact) mass is 273 g/mol. The number of hydrogen-bond donors (Lipinski definition) is 2. The van der Waals surface area contributed by atoms with Crippen LogP contribution in [0.4, 0.5) is 4.39 Å². The summed E-state index contributed by atoms with van der Waals surface area (Å²) in [5.74, 6) is -0.289. The first-order chi connectivity index (χ1) is 7.09. The topological polar surface area (TPSA) is 46.2 Å². The van der Waals surface area contributed by atoms with Gasteiger partial charge < -0.3 is 10.8 Å². The maximum absolute atomic E-state index is 13.4. The second-order valence-electron chi connectivity index (χ2n) is 4.08. The van der Waals surface area contributed by atoms with Gasteiger partial charge in [0, 0.05) is 11.6 Å². The molecule has 0 spiro atoms. The van der Waals surface area contributed by atoms with Gasteiger partial charge in [-0.05, 0) is 34.3 Å². The summed E-state index contributed by atoms with van der Waals surface area (Å²) in [6.07, 6.45) is 3.23. The Morgan fingerprint density at radius 2 is 2.20 bits per heavy atom. The number of rotatable bonds is 3. The van der Waals surface area contributed by atoms with Crippen LogP contribution in [0.2, 0.25) is 0 Å². The molecule has 0 aromatic heterocycles. The van der Waals surface area contributed by atoms with Gasteiger partial charge in [-0.3, -0.25) is 0 Å². The molecule has 1 fully saturated rings. The van der Waals surface area contributed by atoms with E-state index in [4.69, 9.17) is 5.73 Å². The minimum atomic E-state index is -0.626. The number of benzene rings is 1. The van der Waals surface area contributed by atoms with Crippen molar-refractivity contribution in [3.63, 3.8) is 0 Å². The van der Waals surface area contributed by atoms with E-state index in [1.807, 2.05) is 0 Å². The minimum absolute atomic E-state index is 0.264. The van der Waals surface area contributed by atoms with Crippen LogP contribution in [0.15, 0.2) is 16.6 Å². The summed E-state index contributed by atoms with van der Waals surface area (Å²) in [5.41, 5.74) is 6.42. The van der Waals surface area contributed by atoms with Crippen LogP contribution in [0, 0.1) is 11.7 Å². The van der Waals surface area contributed by atoms with Gasteiger partial charge in [-0.25, -0.2) is 4.39 Å². The van der Waals surface area contributed by atoms with Gasteiger partial charge in [-0.2, -0.15) is 0 Å². The number of aromatic hydroxyl groups is 1. The lowest BCUT2D eigenvalue weighted by molar-refractivity contribution is 0.415. The zero-order valence-electron chi connectivity index (χ0n) is 8.21. The summed E-state index contributed by atoms with van der Waals surface area (Å²) in [4.78, 5) is 0. The molecule has 0 heterocycles. The first-order valence-corrected chi connectivity index (χ1v) is 5.81. The molecule has 3 N–H and O–H groups in total. The molecule has 0 saturated heterocycles. The molecule has 4 heteroatoms. The second kappa shape index (κ2) is 4.10. The summed E-state index contributed by atoms with van der Waals surface area (Å²) < 4.78 is 13.6. The van der Waals surface area contributed by atoms with Crippen LogP contribution in [-0.4, -0.2) is 5.11 Å². The first-order valence-electron chi connectivity index (χ1n) is 5.02. The smallest absolute Gasteiger partial charge is 0.179 e. The molecule has 2 rings (SSSR count). The van der Waals surface area contributed by atoms with Gasteiger partial charge in [0.05, 0.1) is 4.47 Å². The van der Waals surface area contributed by atoms with E-state index in [-0.39, 0.29) is 16.3 Å².